The lowest BCUT2D eigenvalue weighted by Crippen LogP contribution is -1.97. The van der Waals surface area contributed by atoms with E-state index in [1.54, 1.807) is 0 Å². The van der Waals surface area contributed by atoms with Crippen molar-refractivity contribution in [1.82, 2.24) is 18.3 Å². The highest BCUT2D eigenvalue weighted by atomic mass is 16.3. The quantitative estimate of drug-likeness (QED) is 0.127. The molecule has 5 aromatic heterocycles. The van der Waals surface area contributed by atoms with E-state index >= 15 is 0 Å². The molecule has 0 fully saturated rings. The van der Waals surface area contributed by atoms with E-state index in [4.69, 9.17) is 4.42 Å². The third-order valence-corrected chi connectivity index (χ3v) is 25.5. The average molecular weight is 1650 g/mol. The Hall–Kier alpha value is -16.6. The second-order valence-electron chi connectivity index (χ2n) is 33.7. The lowest BCUT2D eigenvalue weighted by Gasteiger charge is -2.14. The second-order valence-corrected chi connectivity index (χ2v) is 33.7. The van der Waals surface area contributed by atoms with Crippen LogP contribution in [0.3, 0.4) is 0 Å². The molecular formula is C124H90N4O. The monoisotopic (exact) mass is 1650 g/mol. The molecule has 25 aromatic rings. The molecule has 0 N–H and O–H groups in total. The Balaban J connectivity index is 0.000000101. The zero-order valence-electron chi connectivity index (χ0n) is 72.2. The molecule has 0 radical (unpaired) electrons. The summed E-state index contributed by atoms with van der Waals surface area (Å²) in [5.74, 6) is 0. The lowest BCUT2D eigenvalue weighted by atomic mass is 9.97. The minimum Gasteiger partial charge on any atom is -0.456 e. The van der Waals surface area contributed by atoms with Crippen LogP contribution in [0.5, 0.6) is 0 Å². The predicted molar refractivity (Wildman–Crippen MR) is 547 cm³/mol. The predicted octanol–water partition coefficient (Wildman–Crippen LogP) is 33.9. The third kappa shape index (κ3) is 14.7. The fourth-order valence-corrected chi connectivity index (χ4v) is 19.2. The van der Waals surface area contributed by atoms with Crippen molar-refractivity contribution in [3.05, 3.63) is 495 Å². The Morgan fingerprint density at radius 3 is 0.899 bits per heavy atom. The van der Waals surface area contributed by atoms with Crippen molar-refractivity contribution in [2.75, 3.05) is 0 Å². The van der Waals surface area contributed by atoms with E-state index < -0.39 is 0 Å². The number of hydrogen-bond donors (Lipinski definition) is 0. The van der Waals surface area contributed by atoms with Crippen LogP contribution < -0.4 is 0 Å². The average Bonchev–Trinajstić information content (AvgIpc) is 1.59. The summed E-state index contributed by atoms with van der Waals surface area (Å²) in [6.45, 7) is 8.54. The van der Waals surface area contributed by atoms with Crippen molar-refractivity contribution in [2.45, 2.75) is 27.7 Å². The van der Waals surface area contributed by atoms with Gasteiger partial charge in [-0.3, -0.25) is 0 Å². The molecule has 5 nitrogen and oxygen atoms in total. The van der Waals surface area contributed by atoms with Gasteiger partial charge in [0.15, 0.2) is 0 Å². The molecule has 0 amide bonds. The number of aromatic nitrogens is 4. The number of benzene rings is 20. The molecule has 0 saturated heterocycles. The van der Waals surface area contributed by atoms with E-state index in [9.17, 15) is 0 Å². The number of rotatable bonds is 11. The maximum Gasteiger partial charge on any atom is 0.135 e. The smallest absolute Gasteiger partial charge is 0.135 e. The Labute approximate surface area is 750 Å². The van der Waals surface area contributed by atoms with Gasteiger partial charge in [0.05, 0.1) is 44.1 Å². The fraction of sp³-hybridized carbons (Fsp3) is 0.0323. The fourth-order valence-electron chi connectivity index (χ4n) is 19.2. The summed E-state index contributed by atoms with van der Waals surface area (Å²) in [7, 11) is 0. The topological polar surface area (TPSA) is 32.9 Å². The van der Waals surface area contributed by atoms with Crippen LogP contribution in [0.25, 0.3) is 210 Å². The van der Waals surface area contributed by atoms with E-state index in [0.29, 0.717) is 0 Å². The van der Waals surface area contributed by atoms with Crippen LogP contribution in [0.1, 0.15) is 22.3 Å². The molecule has 0 bridgehead atoms. The zero-order valence-corrected chi connectivity index (χ0v) is 72.2. The molecule has 5 heterocycles. The highest BCUT2D eigenvalue weighted by molar-refractivity contribution is 6.20. The van der Waals surface area contributed by atoms with Crippen molar-refractivity contribution in [3.8, 4) is 101 Å². The van der Waals surface area contributed by atoms with Gasteiger partial charge in [0.1, 0.15) is 11.2 Å². The first-order chi connectivity index (χ1) is 63.7. The number of para-hydroxylation sites is 5. The van der Waals surface area contributed by atoms with E-state index in [1.165, 1.54) is 210 Å². The van der Waals surface area contributed by atoms with Crippen molar-refractivity contribution in [1.29, 1.82) is 0 Å². The molecule has 0 spiro atoms. The van der Waals surface area contributed by atoms with Crippen LogP contribution in [0.2, 0.25) is 0 Å². The van der Waals surface area contributed by atoms with E-state index in [0.717, 1.165) is 21.9 Å². The summed E-state index contributed by atoms with van der Waals surface area (Å²) in [4.78, 5) is 0. The van der Waals surface area contributed by atoms with Crippen LogP contribution in [0, 0.1) is 27.7 Å². The lowest BCUT2D eigenvalue weighted by molar-refractivity contribution is 0.669. The standard InChI is InChI=1S/C31H21NO.3C31H23N/c1-20-10-14-23(15-11-20)32-28-8-4-2-6-24(28)26-18-21(12-16-29(26)32)22-13-17-31-27(19-22)25-7-3-5-9-30(25)33-31;1-22-18-20-25(21-19-22)32-30-26(23-10-4-2-5-11-23)14-8-16-28(30)29-17-9-15-27(31(29)32)24-12-6-3-7-13-24;1-22-15-18-26(19-16-22)32-29-20-17-25(23-9-4-2-5-10-23)21-28(29)31-27(13-8-14-30(31)32)24-11-6-3-7-12-24;1-22-15-18-26(19-16-22)32-30-20-17-25(23-9-4-2-5-10-23)21-29(30)28-14-8-13-27(31(28)32)24-11-6-3-7-12-24/h2-19H,1H3;3*2-21H,1H3. The minimum atomic E-state index is 0.928. The molecule has 0 unspecified atom stereocenters. The Morgan fingerprint density at radius 1 is 0.155 bits per heavy atom. The first kappa shape index (κ1) is 78.4. The summed E-state index contributed by atoms with van der Waals surface area (Å²) < 4.78 is 15.7. The summed E-state index contributed by atoms with van der Waals surface area (Å²) in [5.41, 5.74) is 38.9. The van der Waals surface area contributed by atoms with E-state index in [-0.39, 0.29) is 0 Å². The van der Waals surface area contributed by atoms with Gasteiger partial charge in [-0.1, -0.05) is 380 Å². The maximum absolute atomic E-state index is 6.03. The van der Waals surface area contributed by atoms with Crippen LogP contribution >= 0.6 is 0 Å². The molecule has 0 aliphatic rings. The van der Waals surface area contributed by atoms with Crippen LogP contribution in [0.15, 0.2) is 478 Å². The molecule has 25 rings (SSSR count). The number of fused-ring (bicyclic) bond motifs is 15. The number of nitrogens with zero attached hydrogens (tertiary/aromatic N) is 4. The van der Waals surface area contributed by atoms with Gasteiger partial charge >= 0.3 is 0 Å². The molecule has 612 valence electrons. The first-order valence-corrected chi connectivity index (χ1v) is 44.4. The molecule has 0 atom stereocenters. The third-order valence-electron chi connectivity index (χ3n) is 25.5. The second kappa shape index (κ2) is 33.8. The van der Waals surface area contributed by atoms with Gasteiger partial charge in [0, 0.05) is 93.3 Å². The van der Waals surface area contributed by atoms with E-state index in [1.807, 2.05) is 12.1 Å². The van der Waals surface area contributed by atoms with Gasteiger partial charge in [0.25, 0.3) is 0 Å². The SMILES string of the molecule is Cc1ccc(-n2c3c(-c4ccccc4)cccc3c3cccc(-c4ccccc4)c32)cc1.Cc1ccc(-n2c3ccc(-c4ccccc4)cc3c3c(-c4ccccc4)cccc32)cc1.Cc1ccc(-n2c3ccc(-c4ccccc4)cc3c3cccc(-c4ccccc4)c32)cc1.Cc1ccc(-n2c3ccccc3c3cc(-c4ccc5oc6ccccc6c5c4)ccc32)cc1. The van der Waals surface area contributed by atoms with Crippen LogP contribution in [-0.4, -0.2) is 18.3 Å². The summed E-state index contributed by atoms with van der Waals surface area (Å²) in [6.07, 6.45) is 0. The summed E-state index contributed by atoms with van der Waals surface area (Å²) >= 11 is 0. The highest BCUT2D eigenvalue weighted by Crippen LogP contribution is 2.46. The van der Waals surface area contributed by atoms with Gasteiger partial charge in [-0.25, -0.2) is 0 Å². The van der Waals surface area contributed by atoms with Crippen LogP contribution in [-0.2, 0) is 0 Å². The number of furan rings is 1. The first-order valence-electron chi connectivity index (χ1n) is 44.4. The number of hydrogen-bond acceptors (Lipinski definition) is 1. The van der Waals surface area contributed by atoms with Gasteiger partial charge in [-0.05, 0) is 204 Å². The van der Waals surface area contributed by atoms with Crippen molar-refractivity contribution < 1.29 is 4.42 Å². The van der Waals surface area contributed by atoms with Gasteiger partial charge in [0.2, 0.25) is 0 Å². The van der Waals surface area contributed by atoms with Gasteiger partial charge in [-0.2, -0.15) is 0 Å². The Morgan fingerprint density at radius 2 is 0.434 bits per heavy atom. The van der Waals surface area contributed by atoms with Crippen molar-refractivity contribution in [2.24, 2.45) is 0 Å². The molecule has 129 heavy (non-hydrogen) atoms. The highest BCUT2D eigenvalue weighted by Gasteiger charge is 2.24. The largest absolute Gasteiger partial charge is 0.456 e. The Bertz CT molecular complexity index is 8320. The molecule has 0 aliphatic carbocycles. The van der Waals surface area contributed by atoms with E-state index in [2.05, 4.69) is 507 Å². The summed E-state index contributed by atoms with van der Waals surface area (Å²) in [5, 5.41) is 12.5. The molecule has 5 heteroatoms. The zero-order chi connectivity index (χ0) is 86.4. The molecule has 20 aromatic carbocycles. The minimum absolute atomic E-state index is 0.928. The molecule has 0 saturated carbocycles. The maximum atomic E-state index is 6.03. The van der Waals surface area contributed by atoms with Gasteiger partial charge < -0.3 is 22.7 Å². The normalized spacial score (nSPS) is 11.4. The summed E-state index contributed by atoms with van der Waals surface area (Å²) in [6, 6.07) is 170. The van der Waals surface area contributed by atoms with Crippen molar-refractivity contribution in [3.63, 3.8) is 0 Å². The Kier molecular flexibility index (Phi) is 20.5. The van der Waals surface area contributed by atoms with Gasteiger partial charge in [-0.15, -0.1) is 0 Å². The van der Waals surface area contributed by atoms with Crippen molar-refractivity contribution >= 4 is 109 Å². The van der Waals surface area contributed by atoms with Crippen LogP contribution in [0.4, 0.5) is 0 Å². The number of aryl methyl sites for hydroxylation is 4. The molecule has 0 aliphatic heterocycles. The molecular weight excluding hydrogens is 1560 g/mol.